The lowest BCUT2D eigenvalue weighted by Crippen LogP contribution is -2.44. The smallest absolute Gasteiger partial charge is 0.160 e. The molecule has 0 aliphatic carbocycles. The first-order valence-corrected chi connectivity index (χ1v) is 10.7. The molecule has 2 atom stereocenters. The zero-order chi connectivity index (χ0) is 20.2. The highest BCUT2D eigenvalue weighted by Crippen LogP contribution is 2.37. The van der Waals surface area contributed by atoms with E-state index >= 15 is 0 Å². The Balaban J connectivity index is 0.00000204. The van der Waals surface area contributed by atoms with E-state index in [4.69, 9.17) is 28.3 Å². The van der Waals surface area contributed by atoms with Gasteiger partial charge >= 0.3 is 0 Å². The highest BCUT2D eigenvalue weighted by Gasteiger charge is 2.39. The quantitative estimate of drug-likeness (QED) is 0.465. The average Bonchev–Trinajstić information content (AvgIpc) is 3.48. The minimum absolute atomic E-state index is 0. The lowest BCUT2D eigenvalue weighted by molar-refractivity contribution is 0.577. The molecule has 2 saturated heterocycles. The van der Waals surface area contributed by atoms with Crippen LogP contribution in [0.15, 0.2) is 54.9 Å². The molecule has 158 valence electrons. The first kappa shape index (κ1) is 20.5. The SMILES string of the molecule is Cl.Clc1ccc(-c2c3ncnc(N4C[C@@H]5C[C@H]4CN5)c3nn2-c2ccccc2Cl)cc1. The Morgan fingerprint density at radius 3 is 2.48 bits per heavy atom. The number of anilines is 1. The number of para-hydroxylation sites is 1. The van der Waals surface area contributed by atoms with Crippen LogP contribution in [0.2, 0.25) is 10.0 Å². The largest absolute Gasteiger partial charge is 0.349 e. The van der Waals surface area contributed by atoms with E-state index in [1.807, 2.05) is 53.2 Å². The van der Waals surface area contributed by atoms with Crippen LogP contribution < -0.4 is 10.2 Å². The molecule has 0 unspecified atom stereocenters. The van der Waals surface area contributed by atoms with Gasteiger partial charge in [0.25, 0.3) is 0 Å². The lowest BCUT2D eigenvalue weighted by atomic mass is 10.1. The van der Waals surface area contributed by atoms with E-state index in [1.54, 1.807) is 6.33 Å². The van der Waals surface area contributed by atoms with Crippen molar-refractivity contribution in [3.05, 3.63) is 64.9 Å². The predicted octanol–water partition coefficient (Wildman–Crippen LogP) is 4.76. The summed E-state index contributed by atoms with van der Waals surface area (Å²) in [6.45, 7) is 1.91. The number of hydrogen-bond acceptors (Lipinski definition) is 5. The van der Waals surface area contributed by atoms with Gasteiger partial charge in [-0.2, -0.15) is 5.10 Å². The molecule has 6 rings (SSSR count). The molecule has 0 amide bonds. The molecule has 2 bridgehead atoms. The van der Waals surface area contributed by atoms with Gasteiger partial charge in [-0.15, -0.1) is 12.4 Å². The zero-order valence-corrected chi connectivity index (χ0v) is 18.7. The Labute approximate surface area is 195 Å². The molecule has 0 radical (unpaired) electrons. The molecule has 6 nitrogen and oxygen atoms in total. The van der Waals surface area contributed by atoms with Crippen molar-refractivity contribution in [3.63, 3.8) is 0 Å². The van der Waals surface area contributed by atoms with Gasteiger partial charge in [-0.3, -0.25) is 0 Å². The summed E-state index contributed by atoms with van der Waals surface area (Å²) in [7, 11) is 0. The molecule has 4 aromatic rings. The topological polar surface area (TPSA) is 58.9 Å². The van der Waals surface area contributed by atoms with E-state index < -0.39 is 0 Å². The number of benzene rings is 2. The number of hydrogen-bond donors (Lipinski definition) is 1. The fraction of sp³-hybridized carbons (Fsp3) is 0.227. The summed E-state index contributed by atoms with van der Waals surface area (Å²) in [6, 6.07) is 16.4. The Morgan fingerprint density at radius 1 is 0.968 bits per heavy atom. The summed E-state index contributed by atoms with van der Waals surface area (Å²) >= 11 is 12.7. The van der Waals surface area contributed by atoms with E-state index in [2.05, 4.69) is 20.2 Å². The lowest BCUT2D eigenvalue weighted by Gasteiger charge is -2.28. The first-order valence-electron chi connectivity index (χ1n) is 9.93. The molecule has 2 aromatic carbocycles. The van der Waals surface area contributed by atoms with Crippen LogP contribution in [0, 0.1) is 0 Å². The summed E-state index contributed by atoms with van der Waals surface area (Å²) in [5.41, 5.74) is 4.24. The van der Waals surface area contributed by atoms with Crippen LogP contribution in [-0.4, -0.2) is 44.9 Å². The maximum atomic E-state index is 6.55. The van der Waals surface area contributed by atoms with Crippen molar-refractivity contribution in [2.75, 3.05) is 18.0 Å². The van der Waals surface area contributed by atoms with E-state index in [0.717, 1.165) is 53.3 Å². The van der Waals surface area contributed by atoms with Crippen molar-refractivity contribution < 1.29 is 0 Å². The van der Waals surface area contributed by atoms with Crippen molar-refractivity contribution in [1.29, 1.82) is 0 Å². The van der Waals surface area contributed by atoms with E-state index in [-0.39, 0.29) is 12.4 Å². The number of nitrogens with one attached hydrogen (secondary N) is 1. The number of halogens is 3. The molecular weight excluding hydrogens is 455 g/mol. The third-order valence-corrected chi connectivity index (χ3v) is 6.54. The molecule has 2 aliphatic rings. The van der Waals surface area contributed by atoms with Crippen molar-refractivity contribution >= 4 is 52.5 Å². The maximum absolute atomic E-state index is 6.55. The van der Waals surface area contributed by atoms with Gasteiger partial charge < -0.3 is 10.2 Å². The Morgan fingerprint density at radius 2 is 1.77 bits per heavy atom. The molecule has 0 saturated carbocycles. The average molecular weight is 474 g/mol. The Hall–Kier alpha value is -2.38. The monoisotopic (exact) mass is 472 g/mol. The van der Waals surface area contributed by atoms with Crippen LogP contribution in [0.1, 0.15) is 6.42 Å². The van der Waals surface area contributed by atoms with E-state index in [0.29, 0.717) is 22.1 Å². The number of rotatable bonds is 3. The summed E-state index contributed by atoms with van der Waals surface area (Å²) in [5, 5.41) is 9.83. The minimum Gasteiger partial charge on any atom is -0.349 e. The van der Waals surface area contributed by atoms with Crippen LogP contribution in [0.25, 0.3) is 28.0 Å². The van der Waals surface area contributed by atoms with Crippen LogP contribution in [-0.2, 0) is 0 Å². The third kappa shape index (κ3) is 3.34. The van der Waals surface area contributed by atoms with Crippen molar-refractivity contribution in [1.82, 2.24) is 25.1 Å². The van der Waals surface area contributed by atoms with E-state index in [9.17, 15) is 0 Å². The zero-order valence-electron chi connectivity index (χ0n) is 16.4. The van der Waals surface area contributed by atoms with Crippen molar-refractivity contribution in [3.8, 4) is 16.9 Å². The minimum atomic E-state index is 0. The number of piperazine rings is 1. The normalized spacial score (nSPS) is 19.7. The maximum Gasteiger partial charge on any atom is 0.160 e. The molecule has 0 spiro atoms. The second kappa shape index (κ2) is 7.95. The fourth-order valence-electron chi connectivity index (χ4n) is 4.58. The molecule has 1 N–H and O–H groups in total. The van der Waals surface area contributed by atoms with Gasteiger partial charge in [-0.25, -0.2) is 14.6 Å². The van der Waals surface area contributed by atoms with Crippen molar-refractivity contribution in [2.45, 2.75) is 18.5 Å². The van der Waals surface area contributed by atoms with Gasteiger partial charge in [-0.1, -0.05) is 47.5 Å². The first-order chi connectivity index (χ1) is 14.7. The Kier molecular flexibility index (Phi) is 5.26. The number of fused-ring (bicyclic) bond motifs is 3. The molecule has 9 heteroatoms. The highest BCUT2D eigenvalue weighted by molar-refractivity contribution is 6.32. The summed E-state index contributed by atoms with van der Waals surface area (Å²) in [4.78, 5) is 11.6. The van der Waals surface area contributed by atoms with Crippen LogP contribution in [0.3, 0.4) is 0 Å². The van der Waals surface area contributed by atoms with Gasteiger partial charge in [0.05, 0.1) is 10.7 Å². The number of aromatic nitrogens is 4. The standard InChI is InChI=1S/C22H18Cl2N6.ClH/c23-14-7-5-13(6-8-14)21-19-20(28-30(21)18-4-2-1-3-17(18)24)22(27-12-26-19)29-11-15-9-16(29)10-25-15;/h1-8,12,15-16,25H,9-11H2;1H/t15-,16-;/m0./s1. The molecule has 2 fully saturated rings. The molecule has 2 aromatic heterocycles. The summed E-state index contributed by atoms with van der Waals surface area (Å²) in [6.07, 6.45) is 2.77. The Bertz CT molecular complexity index is 1260. The van der Waals surface area contributed by atoms with E-state index in [1.165, 1.54) is 0 Å². The van der Waals surface area contributed by atoms with Crippen LogP contribution in [0.4, 0.5) is 5.82 Å². The van der Waals surface area contributed by atoms with Crippen molar-refractivity contribution in [2.24, 2.45) is 0 Å². The molecule has 2 aliphatic heterocycles. The summed E-state index contributed by atoms with van der Waals surface area (Å²) in [5.74, 6) is 0.884. The van der Waals surface area contributed by atoms with Gasteiger partial charge in [-0.05, 0) is 30.7 Å². The third-order valence-electron chi connectivity index (χ3n) is 5.97. The van der Waals surface area contributed by atoms with Crippen LogP contribution >= 0.6 is 35.6 Å². The van der Waals surface area contributed by atoms with Gasteiger partial charge in [0.2, 0.25) is 0 Å². The fourth-order valence-corrected chi connectivity index (χ4v) is 4.92. The number of nitrogens with zero attached hydrogens (tertiary/aromatic N) is 5. The van der Waals surface area contributed by atoms with Gasteiger partial charge in [0.1, 0.15) is 17.5 Å². The molecule has 4 heterocycles. The van der Waals surface area contributed by atoms with Gasteiger partial charge in [0.15, 0.2) is 11.3 Å². The van der Waals surface area contributed by atoms with Gasteiger partial charge in [0, 0.05) is 35.8 Å². The second-order valence-corrected chi connectivity index (χ2v) is 8.60. The summed E-state index contributed by atoms with van der Waals surface area (Å²) < 4.78 is 1.88. The predicted molar refractivity (Wildman–Crippen MR) is 127 cm³/mol. The second-order valence-electron chi connectivity index (χ2n) is 7.76. The van der Waals surface area contributed by atoms with Crippen LogP contribution in [0.5, 0.6) is 0 Å². The highest BCUT2D eigenvalue weighted by atomic mass is 35.5. The molecular formula is C22H19Cl3N6. The molecule has 31 heavy (non-hydrogen) atoms.